The molecule has 0 atom stereocenters. The molecule has 1 aromatic carbocycles. The van der Waals surface area contributed by atoms with Gasteiger partial charge in [0.05, 0.1) is 0 Å². The molecule has 0 radical (unpaired) electrons. The molecule has 0 aliphatic carbocycles. The highest BCUT2D eigenvalue weighted by atomic mass is 32.2. The summed E-state index contributed by atoms with van der Waals surface area (Å²) in [6, 6.07) is 7.22. The first-order chi connectivity index (χ1) is 8.15. The van der Waals surface area contributed by atoms with Gasteiger partial charge < -0.3 is 0 Å². The van der Waals surface area contributed by atoms with E-state index in [4.69, 9.17) is 0 Å². The van der Waals surface area contributed by atoms with Gasteiger partial charge in [0.1, 0.15) is 5.75 Å². The van der Waals surface area contributed by atoms with E-state index in [9.17, 15) is 13.2 Å². The monoisotopic (exact) mass is 268 g/mol. The van der Waals surface area contributed by atoms with Crippen LogP contribution < -0.4 is 0 Å². The maximum absolute atomic E-state index is 11.7. The van der Waals surface area contributed by atoms with Crippen molar-refractivity contribution >= 4 is 15.6 Å². The van der Waals surface area contributed by atoms with E-state index in [1.807, 2.05) is 12.1 Å². The third kappa shape index (κ3) is 3.95. The zero-order chi connectivity index (χ0) is 14.0. The molecule has 0 saturated heterocycles. The standard InChI is InChI=1S/C14H20O3S/c1-5-14(2,3)12-8-6-11(7-9-12)13(15)10-18(4,16)17/h6-9H,5,10H2,1-4H3. The van der Waals surface area contributed by atoms with Crippen LogP contribution in [0.5, 0.6) is 0 Å². The Morgan fingerprint density at radius 3 is 2.06 bits per heavy atom. The molecular formula is C14H20O3S. The third-order valence-corrected chi connectivity index (χ3v) is 4.05. The molecule has 4 heteroatoms. The summed E-state index contributed by atoms with van der Waals surface area (Å²) in [5.41, 5.74) is 1.68. The number of carbonyl (C=O) groups excluding carboxylic acids is 1. The molecule has 0 amide bonds. The Kier molecular flexibility index (Phi) is 4.32. The molecule has 0 unspecified atom stereocenters. The van der Waals surface area contributed by atoms with Gasteiger partial charge in [0.2, 0.25) is 0 Å². The minimum absolute atomic E-state index is 0.0679. The fraction of sp³-hybridized carbons (Fsp3) is 0.500. The van der Waals surface area contributed by atoms with Gasteiger partial charge in [-0.2, -0.15) is 0 Å². The lowest BCUT2D eigenvalue weighted by Crippen LogP contribution is -2.17. The Morgan fingerprint density at radius 2 is 1.67 bits per heavy atom. The van der Waals surface area contributed by atoms with Crippen LogP contribution in [0, 0.1) is 0 Å². The normalized spacial score (nSPS) is 12.4. The largest absolute Gasteiger partial charge is 0.293 e. The summed E-state index contributed by atoms with van der Waals surface area (Å²) in [7, 11) is -3.26. The van der Waals surface area contributed by atoms with Gasteiger partial charge in [0.25, 0.3) is 0 Å². The van der Waals surface area contributed by atoms with Crippen molar-refractivity contribution in [2.45, 2.75) is 32.6 Å². The molecule has 0 fully saturated rings. The highest BCUT2D eigenvalue weighted by Gasteiger charge is 2.19. The second kappa shape index (κ2) is 5.22. The van der Waals surface area contributed by atoms with Crippen LogP contribution in [0.25, 0.3) is 0 Å². The van der Waals surface area contributed by atoms with Gasteiger partial charge in [0, 0.05) is 11.8 Å². The zero-order valence-electron chi connectivity index (χ0n) is 11.4. The van der Waals surface area contributed by atoms with Gasteiger partial charge in [-0.15, -0.1) is 0 Å². The summed E-state index contributed by atoms with van der Waals surface area (Å²) >= 11 is 0. The zero-order valence-corrected chi connectivity index (χ0v) is 12.2. The molecule has 0 heterocycles. The summed E-state index contributed by atoms with van der Waals surface area (Å²) in [5.74, 6) is -0.776. The van der Waals surface area contributed by atoms with Crippen molar-refractivity contribution in [1.29, 1.82) is 0 Å². The Morgan fingerprint density at radius 1 is 1.17 bits per heavy atom. The lowest BCUT2D eigenvalue weighted by molar-refractivity contribution is 0.102. The van der Waals surface area contributed by atoms with Crippen molar-refractivity contribution in [3.05, 3.63) is 35.4 Å². The third-order valence-electron chi connectivity index (χ3n) is 3.27. The van der Waals surface area contributed by atoms with Crippen molar-refractivity contribution in [2.75, 3.05) is 12.0 Å². The van der Waals surface area contributed by atoms with E-state index in [-0.39, 0.29) is 11.2 Å². The van der Waals surface area contributed by atoms with Crippen LogP contribution in [0.4, 0.5) is 0 Å². The molecule has 0 aromatic heterocycles. The lowest BCUT2D eigenvalue weighted by atomic mass is 9.82. The average Bonchev–Trinajstić information content (AvgIpc) is 2.27. The van der Waals surface area contributed by atoms with Gasteiger partial charge in [0.15, 0.2) is 15.6 Å². The van der Waals surface area contributed by atoms with E-state index < -0.39 is 15.6 Å². The Balaban J connectivity index is 2.93. The molecule has 1 aromatic rings. The Hall–Kier alpha value is -1.16. The van der Waals surface area contributed by atoms with Crippen LogP contribution in [-0.4, -0.2) is 26.2 Å². The van der Waals surface area contributed by atoms with Crippen LogP contribution in [0.2, 0.25) is 0 Å². The maximum atomic E-state index is 11.7. The molecule has 0 aliphatic rings. The van der Waals surface area contributed by atoms with Crippen molar-refractivity contribution in [2.24, 2.45) is 0 Å². The van der Waals surface area contributed by atoms with E-state index in [0.29, 0.717) is 5.56 Å². The molecule has 3 nitrogen and oxygen atoms in total. The van der Waals surface area contributed by atoms with Crippen molar-refractivity contribution < 1.29 is 13.2 Å². The predicted molar refractivity (Wildman–Crippen MR) is 73.8 cm³/mol. The van der Waals surface area contributed by atoms with Gasteiger partial charge in [-0.3, -0.25) is 4.79 Å². The molecule has 0 aliphatic heterocycles. The molecule has 0 bridgehead atoms. The molecular weight excluding hydrogens is 248 g/mol. The fourth-order valence-electron chi connectivity index (χ4n) is 1.63. The van der Waals surface area contributed by atoms with E-state index in [1.54, 1.807) is 12.1 Å². The number of carbonyl (C=O) groups is 1. The average molecular weight is 268 g/mol. The lowest BCUT2D eigenvalue weighted by Gasteiger charge is -2.23. The van der Waals surface area contributed by atoms with Crippen LogP contribution in [0.15, 0.2) is 24.3 Å². The number of benzene rings is 1. The Bertz CT molecular complexity index is 525. The minimum Gasteiger partial charge on any atom is -0.293 e. The number of sulfone groups is 1. The number of ketones is 1. The van der Waals surface area contributed by atoms with Gasteiger partial charge in [-0.25, -0.2) is 8.42 Å². The van der Waals surface area contributed by atoms with Crippen LogP contribution >= 0.6 is 0 Å². The van der Waals surface area contributed by atoms with E-state index >= 15 is 0 Å². The first-order valence-corrected chi connectivity index (χ1v) is 8.03. The van der Waals surface area contributed by atoms with Crippen LogP contribution in [-0.2, 0) is 15.3 Å². The summed E-state index contributed by atoms with van der Waals surface area (Å²) < 4.78 is 22.1. The first kappa shape index (κ1) is 14.9. The first-order valence-electron chi connectivity index (χ1n) is 5.97. The van der Waals surface area contributed by atoms with Crippen LogP contribution in [0.3, 0.4) is 0 Å². The van der Waals surface area contributed by atoms with Gasteiger partial charge in [-0.1, -0.05) is 45.0 Å². The van der Waals surface area contributed by atoms with Gasteiger partial charge >= 0.3 is 0 Å². The number of rotatable bonds is 5. The summed E-state index contributed by atoms with van der Waals surface area (Å²) in [4.78, 5) is 11.7. The number of hydrogen-bond acceptors (Lipinski definition) is 3. The smallest absolute Gasteiger partial charge is 0.177 e. The highest BCUT2D eigenvalue weighted by molar-refractivity contribution is 7.91. The quantitative estimate of drug-likeness (QED) is 0.771. The molecule has 1 rings (SSSR count). The van der Waals surface area contributed by atoms with E-state index in [0.717, 1.165) is 18.2 Å². The molecule has 18 heavy (non-hydrogen) atoms. The van der Waals surface area contributed by atoms with Crippen molar-refractivity contribution in [1.82, 2.24) is 0 Å². The molecule has 0 N–H and O–H groups in total. The minimum atomic E-state index is -3.26. The summed E-state index contributed by atoms with van der Waals surface area (Å²) in [5, 5.41) is 0. The summed E-state index contributed by atoms with van der Waals surface area (Å²) in [6.45, 7) is 6.39. The highest BCUT2D eigenvalue weighted by Crippen LogP contribution is 2.26. The van der Waals surface area contributed by atoms with Crippen molar-refractivity contribution in [3.8, 4) is 0 Å². The van der Waals surface area contributed by atoms with Crippen LogP contribution in [0.1, 0.15) is 43.1 Å². The molecule has 0 saturated carbocycles. The SMILES string of the molecule is CCC(C)(C)c1ccc(C(=O)CS(C)(=O)=O)cc1. The Labute approximate surface area is 109 Å². The maximum Gasteiger partial charge on any atom is 0.177 e. The summed E-state index contributed by atoms with van der Waals surface area (Å²) in [6.07, 6.45) is 2.07. The number of Topliss-reactive ketones (excluding diaryl/α,β-unsaturated/α-hetero) is 1. The van der Waals surface area contributed by atoms with Gasteiger partial charge in [-0.05, 0) is 17.4 Å². The fourth-order valence-corrected chi connectivity index (χ4v) is 2.28. The molecule has 100 valence electrons. The predicted octanol–water partition coefficient (Wildman–Crippen LogP) is 2.60. The van der Waals surface area contributed by atoms with E-state index in [2.05, 4.69) is 20.8 Å². The molecule has 0 spiro atoms. The van der Waals surface area contributed by atoms with E-state index in [1.165, 1.54) is 0 Å². The second-order valence-electron chi connectivity index (χ2n) is 5.31. The second-order valence-corrected chi connectivity index (χ2v) is 7.45. The number of hydrogen-bond donors (Lipinski definition) is 0. The topological polar surface area (TPSA) is 51.2 Å². The van der Waals surface area contributed by atoms with Crippen molar-refractivity contribution in [3.63, 3.8) is 0 Å².